The number of nitrogens with zero attached hydrogens (tertiary/aromatic N) is 3. The van der Waals surface area contributed by atoms with Crippen LogP contribution in [0.4, 0.5) is 10.7 Å². The number of carbonyl (C=O) groups excluding carboxylic acids is 1. The molecule has 0 radical (unpaired) electrons. The smallest absolute Gasteiger partial charge is 0.409 e. The van der Waals surface area contributed by atoms with Crippen molar-refractivity contribution in [1.82, 2.24) is 14.9 Å². The van der Waals surface area contributed by atoms with Crippen molar-refractivity contribution in [1.29, 1.82) is 0 Å². The second kappa shape index (κ2) is 11.4. The molecule has 1 aliphatic carbocycles. The van der Waals surface area contributed by atoms with Crippen LogP contribution in [0, 0.1) is 25.2 Å². The summed E-state index contributed by atoms with van der Waals surface area (Å²) in [6, 6.07) is 14.9. The Hall–Kier alpha value is -3.66. The third-order valence-corrected chi connectivity index (χ3v) is 10.2. The molecule has 0 saturated heterocycles. The third kappa shape index (κ3) is 6.07. The number of rotatable bonds is 4. The Balaban J connectivity index is 1.65. The Morgan fingerprint density at radius 1 is 1.09 bits per heavy atom. The molecular formula is C33H42N4O5S. The van der Waals surface area contributed by atoms with E-state index in [4.69, 9.17) is 9.47 Å². The Labute approximate surface area is 255 Å². The fourth-order valence-corrected chi connectivity index (χ4v) is 7.83. The van der Waals surface area contributed by atoms with Gasteiger partial charge < -0.3 is 14.4 Å². The van der Waals surface area contributed by atoms with E-state index in [1.807, 2.05) is 45.0 Å². The molecule has 2 heterocycles. The van der Waals surface area contributed by atoms with Crippen molar-refractivity contribution in [2.45, 2.75) is 77.2 Å². The summed E-state index contributed by atoms with van der Waals surface area (Å²) in [5.74, 6) is 0.278. The minimum Gasteiger partial charge on any atom is -0.477 e. The number of anilines is 1. The summed E-state index contributed by atoms with van der Waals surface area (Å²) in [6.07, 6.45) is 1.80. The van der Waals surface area contributed by atoms with Crippen molar-refractivity contribution in [3.63, 3.8) is 0 Å². The first-order valence-corrected chi connectivity index (χ1v) is 16.3. The second-order valence-electron chi connectivity index (χ2n) is 13.1. The summed E-state index contributed by atoms with van der Waals surface area (Å²) in [5, 5.41) is 0. The first kappa shape index (κ1) is 30.8. The molecule has 43 heavy (non-hydrogen) atoms. The number of carbonyl (C=O) groups is 1. The molecule has 2 aliphatic rings. The van der Waals surface area contributed by atoms with E-state index in [-0.39, 0.29) is 34.3 Å². The van der Waals surface area contributed by atoms with Crippen molar-refractivity contribution in [2.75, 3.05) is 25.0 Å². The number of benzene rings is 2. The molecule has 3 aromatic rings. The van der Waals surface area contributed by atoms with Crippen molar-refractivity contribution in [3.05, 3.63) is 65.2 Å². The topological polar surface area (TPSA) is 111 Å². The predicted octanol–water partition coefficient (Wildman–Crippen LogP) is 6.49. The average Bonchev–Trinajstić information content (AvgIpc) is 2.91. The van der Waals surface area contributed by atoms with Gasteiger partial charge in [-0.15, -0.1) is 0 Å². The summed E-state index contributed by atoms with van der Waals surface area (Å²) in [5.41, 5.74) is 4.00. The minimum absolute atomic E-state index is 0.00695. The lowest BCUT2D eigenvalue weighted by Gasteiger charge is -2.56. The van der Waals surface area contributed by atoms with Gasteiger partial charge in [-0.05, 0) is 74.3 Å². The maximum atomic E-state index is 13.7. The van der Waals surface area contributed by atoms with Gasteiger partial charge in [-0.2, -0.15) is 4.98 Å². The van der Waals surface area contributed by atoms with E-state index in [0.717, 1.165) is 28.7 Å². The first-order valence-electron chi connectivity index (χ1n) is 14.8. The van der Waals surface area contributed by atoms with Gasteiger partial charge in [0.15, 0.2) is 0 Å². The van der Waals surface area contributed by atoms with Crippen LogP contribution in [-0.4, -0.2) is 55.7 Å². The van der Waals surface area contributed by atoms with Crippen LogP contribution >= 0.6 is 0 Å². The van der Waals surface area contributed by atoms with Crippen LogP contribution in [0.2, 0.25) is 0 Å². The quantitative estimate of drug-likeness (QED) is 0.361. The molecule has 0 unspecified atom stereocenters. The first-order chi connectivity index (χ1) is 20.3. The summed E-state index contributed by atoms with van der Waals surface area (Å²) in [4.78, 5) is 23.6. The standard InChI is InChI=1S/C33H42N4O5S/c1-8-37(31(38)41-7)25-18-33(19-25)23-13-10-14-26(15-23)43(39,40)36-30-34-27(29-21(2)11-9-12-22(29)3)16-28(35-30)42-20-24(33)17-32(4,5)6/h9-16,24-25H,8,17-20H2,1-7H3,(H,34,35,36)/t24-,25?,33?/m1/s1. The van der Waals surface area contributed by atoms with Gasteiger partial charge in [-0.1, -0.05) is 51.1 Å². The summed E-state index contributed by atoms with van der Waals surface area (Å²) in [6.45, 7) is 13.4. The molecule has 5 rings (SSSR count). The molecule has 1 aliphatic heterocycles. The highest BCUT2D eigenvalue weighted by Crippen LogP contribution is 2.54. The fourth-order valence-electron chi connectivity index (χ4n) is 6.84. The van der Waals surface area contributed by atoms with Crippen LogP contribution in [0.25, 0.3) is 11.3 Å². The van der Waals surface area contributed by atoms with E-state index in [1.54, 1.807) is 29.2 Å². The minimum atomic E-state index is -4.02. The van der Waals surface area contributed by atoms with Crippen LogP contribution in [0.3, 0.4) is 0 Å². The van der Waals surface area contributed by atoms with Crippen molar-refractivity contribution >= 4 is 22.1 Å². The van der Waals surface area contributed by atoms with Gasteiger partial charge in [0.25, 0.3) is 10.0 Å². The van der Waals surface area contributed by atoms with Gasteiger partial charge in [0.2, 0.25) is 11.8 Å². The van der Waals surface area contributed by atoms with Crippen LogP contribution < -0.4 is 9.46 Å². The number of hydrogen-bond acceptors (Lipinski definition) is 7. The molecule has 1 N–H and O–H groups in total. The van der Waals surface area contributed by atoms with Gasteiger partial charge in [-0.3, -0.25) is 0 Å². The van der Waals surface area contributed by atoms with Crippen molar-refractivity contribution in [3.8, 4) is 17.1 Å². The number of fused-ring (bicyclic) bond motifs is 5. The molecule has 1 aromatic heterocycles. The number of methoxy groups -OCH3 is 1. The van der Waals surface area contributed by atoms with E-state index in [1.165, 1.54) is 7.11 Å². The third-order valence-electron chi connectivity index (χ3n) is 8.85. The summed E-state index contributed by atoms with van der Waals surface area (Å²) < 4.78 is 41.7. The number of nitrogens with one attached hydrogen (secondary N) is 1. The molecule has 1 fully saturated rings. The molecule has 9 nitrogen and oxygen atoms in total. The highest BCUT2D eigenvalue weighted by Gasteiger charge is 2.54. The molecule has 1 atom stereocenters. The van der Waals surface area contributed by atoms with Crippen LogP contribution in [0.1, 0.15) is 63.6 Å². The number of aryl methyl sites for hydroxylation is 2. The number of sulfonamides is 1. The Morgan fingerprint density at radius 3 is 2.40 bits per heavy atom. The number of amides is 1. The van der Waals surface area contributed by atoms with E-state index >= 15 is 0 Å². The Morgan fingerprint density at radius 2 is 1.77 bits per heavy atom. The molecule has 1 spiro atoms. The maximum absolute atomic E-state index is 13.7. The second-order valence-corrected chi connectivity index (χ2v) is 14.7. The summed E-state index contributed by atoms with van der Waals surface area (Å²) in [7, 11) is -2.62. The lowest BCUT2D eigenvalue weighted by Crippen LogP contribution is -2.59. The molecule has 230 valence electrons. The monoisotopic (exact) mass is 606 g/mol. The van der Waals surface area contributed by atoms with E-state index < -0.39 is 15.4 Å². The molecule has 1 saturated carbocycles. The molecular weight excluding hydrogens is 564 g/mol. The van der Waals surface area contributed by atoms with Gasteiger partial charge in [-0.25, -0.2) is 22.9 Å². The highest BCUT2D eigenvalue weighted by atomic mass is 32.2. The summed E-state index contributed by atoms with van der Waals surface area (Å²) >= 11 is 0. The van der Waals surface area contributed by atoms with Crippen molar-refractivity contribution < 1.29 is 22.7 Å². The van der Waals surface area contributed by atoms with E-state index in [2.05, 4.69) is 35.5 Å². The van der Waals surface area contributed by atoms with Gasteiger partial charge in [0.05, 0.1) is 24.3 Å². The van der Waals surface area contributed by atoms with E-state index in [0.29, 0.717) is 37.6 Å². The predicted molar refractivity (Wildman–Crippen MR) is 167 cm³/mol. The van der Waals surface area contributed by atoms with Gasteiger partial charge in [0, 0.05) is 35.5 Å². The number of hydrogen-bond donors (Lipinski definition) is 1. The van der Waals surface area contributed by atoms with Crippen molar-refractivity contribution in [2.24, 2.45) is 11.3 Å². The molecule has 1 amide bonds. The van der Waals surface area contributed by atoms with E-state index in [9.17, 15) is 13.2 Å². The number of aromatic nitrogens is 2. The van der Waals surface area contributed by atoms with Crippen LogP contribution in [0.5, 0.6) is 5.88 Å². The Bertz CT molecular complexity index is 1610. The Kier molecular flexibility index (Phi) is 8.19. The molecule has 2 aromatic carbocycles. The van der Waals surface area contributed by atoms with Gasteiger partial charge in [0.1, 0.15) is 0 Å². The van der Waals surface area contributed by atoms with Gasteiger partial charge >= 0.3 is 6.09 Å². The zero-order valence-electron chi connectivity index (χ0n) is 26.1. The lowest BCUT2D eigenvalue weighted by atomic mass is 9.53. The molecule has 10 heteroatoms. The zero-order chi connectivity index (χ0) is 31.2. The molecule has 4 bridgehead atoms. The van der Waals surface area contributed by atoms with Crippen LogP contribution in [0.15, 0.2) is 53.4 Å². The average molecular weight is 607 g/mol. The number of ether oxygens (including phenoxy) is 2. The van der Waals surface area contributed by atoms with Crippen LogP contribution in [-0.2, 0) is 20.2 Å². The lowest BCUT2D eigenvalue weighted by molar-refractivity contribution is -0.00804. The normalized spacial score (nSPS) is 22.7. The zero-order valence-corrected chi connectivity index (χ0v) is 26.9. The maximum Gasteiger partial charge on any atom is 0.409 e. The SMILES string of the molecule is CCN(C(=O)OC)C1CC2(C1)c1cccc(c1)S(=O)(=O)Nc1nc(cc(-c3c(C)cccc3C)n1)OC[C@H]2CC(C)(C)C. The highest BCUT2D eigenvalue weighted by molar-refractivity contribution is 7.92. The largest absolute Gasteiger partial charge is 0.477 e. The fraction of sp³-hybridized carbons (Fsp3) is 0.485.